The zero-order valence-corrected chi connectivity index (χ0v) is 11.6. The van der Waals surface area contributed by atoms with Crippen molar-refractivity contribution in [3.63, 3.8) is 0 Å². The van der Waals surface area contributed by atoms with Crippen molar-refractivity contribution >= 4 is 11.9 Å². The highest BCUT2D eigenvalue weighted by Crippen LogP contribution is 2.31. The molecule has 1 aliphatic rings. The Hall–Kier alpha value is -1.10. The maximum Gasteiger partial charge on any atom is 0.303 e. The molecule has 104 valence electrons. The second-order valence-electron chi connectivity index (χ2n) is 4.80. The van der Waals surface area contributed by atoms with Gasteiger partial charge in [0.15, 0.2) is 6.10 Å². The highest BCUT2D eigenvalue weighted by molar-refractivity contribution is 5.67. The number of hydrogen-bond acceptors (Lipinski definition) is 5. The van der Waals surface area contributed by atoms with Crippen LogP contribution in [0.15, 0.2) is 0 Å². The van der Waals surface area contributed by atoms with Crippen LogP contribution in [0.1, 0.15) is 41.0 Å². The Morgan fingerprint density at radius 3 is 2.00 bits per heavy atom. The van der Waals surface area contributed by atoms with Crippen LogP contribution in [0.4, 0.5) is 0 Å². The summed E-state index contributed by atoms with van der Waals surface area (Å²) in [6, 6.07) is 0. The number of hydrogen-bond donors (Lipinski definition) is 0. The fourth-order valence-electron chi connectivity index (χ4n) is 2.44. The average molecular weight is 258 g/mol. The largest absolute Gasteiger partial charge is 0.458 e. The number of carbonyl (C=O) groups excluding carboxylic acids is 2. The Morgan fingerprint density at radius 1 is 1.06 bits per heavy atom. The topological polar surface area (TPSA) is 61.8 Å². The van der Waals surface area contributed by atoms with Crippen molar-refractivity contribution in [1.29, 1.82) is 0 Å². The van der Waals surface area contributed by atoms with Crippen LogP contribution in [0.25, 0.3) is 0 Å². The molecule has 0 radical (unpaired) electrons. The summed E-state index contributed by atoms with van der Waals surface area (Å²) in [5, 5.41) is 0. The van der Waals surface area contributed by atoms with Crippen molar-refractivity contribution in [2.75, 3.05) is 0 Å². The van der Waals surface area contributed by atoms with Gasteiger partial charge in [-0.05, 0) is 13.3 Å². The standard InChI is InChI=1S/C13H22O5/c1-6-11-7(2)12(17-9(4)14)13(8(3)16-11)18-10(5)15/h7-8,11-13H,6H2,1-5H3/t7-,8?,11+,12-,13-/m0/s1. The molecule has 1 heterocycles. The maximum absolute atomic E-state index is 11.2. The van der Waals surface area contributed by atoms with Gasteiger partial charge in [-0.15, -0.1) is 0 Å². The first-order valence-corrected chi connectivity index (χ1v) is 6.36. The van der Waals surface area contributed by atoms with Crippen LogP contribution in [0, 0.1) is 5.92 Å². The van der Waals surface area contributed by atoms with E-state index in [4.69, 9.17) is 14.2 Å². The summed E-state index contributed by atoms with van der Waals surface area (Å²) in [6.07, 6.45) is -0.421. The number of carbonyl (C=O) groups is 2. The van der Waals surface area contributed by atoms with Crippen molar-refractivity contribution in [3.05, 3.63) is 0 Å². The normalized spacial score (nSPS) is 35.9. The smallest absolute Gasteiger partial charge is 0.303 e. The van der Waals surface area contributed by atoms with Crippen molar-refractivity contribution < 1.29 is 23.8 Å². The minimum atomic E-state index is -0.538. The third kappa shape index (κ3) is 3.45. The second-order valence-corrected chi connectivity index (χ2v) is 4.80. The highest BCUT2D eigenvalue weighted by Gasteiger charge is 2.45. The first-order chi connectivity index (χ1) is 8.36. The van der Waals surface area contributed by atoms with Crippen LogP contribution in [0.2, 0.25) is 0 Å². The predicted octanol–water partition coefficient (Wildman–Crippen LogP) is 1.68. The molecule has 0 saturated carbocycles. The number of esters is 2. The lowest BCUT2D eigenvalue weighted by molar-refractivity contribution is -0.220. The SMILES string of the molecule is CC[C@H]1OC(C)[C@H](OC(C)=O)[C@@H](OC(C)=O)[C@H]1C. The Kier molecular flexibility index (Phi) is 5.14. The quantitative estimate of drug-likeness (QED) is 0.721. The fourth-order valence-corrected chi connectivity index (χ4v) is 2.44. The van der Waals surface area contributed by atoms with Gasteiger partial charge in [-0.25, -0.2) is 0 Å². The van der Waals surface area contributed by atoms with E-state index in [0.717, 1.165) is 6.42 Å². The first kappa shape index (κ1) is 15.0. The second kappa shape index (κ2) is 6.18. The lowest BCUT2D eigenvalue weighted by Crippen LogP contribution is -2.55. The zero-order valence-electron chi connectivity index (χ0n) is 11.6. The highest BCUT2D eigenvalue weighted by atomic mass is 16.6. The van der Waals surface area contributed by atoms with Gasteiger partial charge in [-0.3, -0.25) is 9.59 Å². The van der Waals surface area contributed by atoms with Crippen LogP contribution in [0.5, 0.6) is 0 Å². The van der Waals surface area contributed by atoms with Gasteiger partial charge in [0.1, 0.15) is 6.10 Å². The molecule has 1 rings (SSSR count). The molecule has 0 aromatic carbocycles. The monoisotopic (exact) mass is 258 g/mol. The molecular weight excluding hydrogens is 236 g/mol. The Morgan fingerprint density at radius 2 is 1.56 bits per heavy atom. The Balaban J connectivity index is 2.89. The molecule has 0 aliphatic carbocycles. The van der Waals surface area contributed by atoms with E-state index in [2.05, 4.69) is 0 Å². The molecule has 1 saturated heterocycles. The van der Waals surface area contributed by atoms with Gasteiger partial charge in [0.05, 0.1) is 12.2 Å². The molecule has 18 heavy (non-hydrogen) atoms. The lowest BCUT2D eigenvalue weighted by atomic mass is 9.87. The minimum Gasteiger partial charge on any atom is -0.458 e. The van der Waals surface area contributed by atoms with Crippen molar-refractivity contribution in [1.82, 2.24) is 0 Å². The van der Waals surface area contributed by atoms with Gasteiger partial charge in [0, 0.05) is 19.8 Å². The van der Waals surface area contributed by atoms with E-state index in [1.54, 1.807) is 0 Å². The van der Waals surface area contributed by atoms with E-state index in [-0.39, 0.29) is 24.1 Å². The van der Waals surface area contributed by atoms with Gasteiger partial charge < -0.3 is 14.2 Å². The zero-order chi connectivity index (χ0) is 13.9. The van der Waals surface area contributed by atoms with Gasteiger partial charge in [-0.2, -0.15) is 0 Å². The lowest BCUT2D eigenvalue weighted by Gasteiger charge is -2.43. The first-order valence-electron chi connectivity index (χ1n) is 6.36. The molecule has 0 aromatic rings. The molecule has 1 fully saturated rings. The third-order valence-corrected chi connectivity index (χ3v) is 3.29. The van der Waals surface area contributed by atoms with E-state index >= 15 is 0 Å². The van der Waals surface area contributed by atoms with E-state index in [1.165, 1.54) is 13.8 Å². The summed E-state index contributed by atoms with van der Waals surface area (Å²) in [5.74, 6) is -0.762. The Bertz CT molecular complexity index is 315. The number of rotatable bonds is 3. The molecule has 0 bridgehead atoms. The van der Waals surface area contributed by atoms with E-state index < -0.39 is 18.2 Å². The molecule has 5 heteroatoms. The predicted molar refractivity (Wildman–Crippen MR) is 64.9 cm³/mol. The summed E-state index contributed by atoms with van der Waals surface area (Å²) < 4.78 is 16.4. The van der Waals surface area contributed by atoms with Crippen LogP contribution >= 0.6 is 0 Å². The molecule has 0 spiro atoms. The average Bonchev–Trinajstić information content (AvgIpc) is 2.27. The van der Waals surface area contributed by atoms with Crippen molar-refractivity contribution in [2.24, 2.45) is 5.92 Å². The van der Waals surface area contributed by atoms with Crippen LogP contribution in [-0.4, -0.2) is 36.4 Å². The Labute approximate surface area is 108 Å². The molecule has 1 aliphatic heterocycles. The summed E-state index contributed by atoms with van der Waals surface area (Å²) in [4.78, 5) is 22.3. The molecule has 0 N–H and O–H groups in total. The van der Waals surface area contributed by atoms with Crippen LogP contribution < -0.4 is 0 Å². The summed E-state index contributed by atoms with van der Waals surface area (Å²) in [6.45, 7) is 8.50. The molecule has 5 atom stereocenters. The van der Waals surface area contributed by atoms with E-state index in [0.29, 0.717) is 0 Å². The maximum atomic E-state index is 11.2. The minimum absolute atomic E-state index is 0.000509. The van der Waals surface area contributed by atoms with Crippen molar-refractivity contribution in [3.8, 4) is 0 Å². The van der Waals surface area contributed by atoms with Gasteiger partial charge >= 0.3 is 11.9 Å². The molecule has 1 unspecified atom stereocenters. The molecular formula is C13H22O5. The molecule has 0 amide bonds. The van der Waals surface area contributed by atoms with E-state index in [9.17, 15) is 9.59 Å². The molecule has 5 nitrogen and oxygen atoms in total. The van der Waals surface area contributed by atoms with E-state index in [1.807, 2.05) is 20.8 Å². The molecule has 0 aromatic heterocycles. The number of ether oxygens (including phenoxy) is 3. The van der Waals surface area contributed by atoms with Gasteiger partial charge in [0.2, 0.25) is 0 Å². The third-order valence-electron chi connectivity index (χ3n) is 3.29. The summed E-state index contributed by atoms with van der Waals surface area (Å²) in [7, 11) is 0. The van der Waals surface area contributed by atoms with Crippen LogP contribution in [-0.2, 0) is 23.8 Å². The fraction of sp³-hybridized carbons (Fsp3) is 0.846. The summed E-state index contributed by atoms with van der Waals surface area (Å²) >= 11 is 0. The van der Waals surface area contributed by atoms with Crippen molar-refractivity contribution in [2.45, 2.75) is 65.5 Å². The van der Waals surface area contributed by atoms with Crippen LogP contribution in [0.3, 0.4) is 0 Å². The van der Waals surface area contributed by atoms with Gasteiger partial charge in [-0.1, -0.05) is 13.8 Å². The summed E-state index contributed by atoms with van der Waals surface area (Å²) in [5.41, 5.74) is 0. The van der Waals surface area contributed by atoms with Gasteiger partial charge in [0.25, 0.3) is 0 Å².